The van der Waals surface area contributed by atoms with Crippen molar-refractivity contribution in [2.75, 3.05) is 33.4 Å². The smallest absolute Gasteiger partial charge is 0.317 e. The van der Waals surface area contributed by atoms with E-state index >= 15 is 0 Å². The molecule has 1 fully saturated rings. The molecular formula is C11H21NO3. The lowest BCUT2D eigenvalue weighted by Gasteiger charge is -2.39. The normalized spacial score (nSPS) is 19.5. The molecule has 0 unspecified atom stereocenters. The van der Waals surface area contributed by atoms with Crippen molar-refractivity contribution < 1.29 is 14.3 Å². The summed E-state index contributed by atoms with van der Waals surface area (Å²) in [5.41, 5.74) is -0.220. The van der Waals surface area contributed by atoms with Crippen molar-refractivity contribution >= 4 is 5.97 Å². The average molecular weight is 215 g/mol. The van der Waals surface area contributed by atoms with E-state index in [1.807, 2.05) is 0 Å². The number of rotatable bonds is 4. The van der Waals surface area contributed by atoms with Crippen molar-refractivity contribution in [1.82, 2.24) is 5.32 Å². The highest BCUT2D eigenvalue weighted by molar-refractivity contribution is 5.78. The van der Waals surface area contributed by atoms with E-state index in [9.17, 15) is 4.79 Å². The number of esters is 1. The first-order chi connectivity index (χ1) is 6.90. The van der Waals surface area contributed by atoms with Crippen LogP contribution < -0.4 is 5.32 Å². The van der Waals surface area contributed by atoms with E-state index in [1.54, 1.807) is 0 Å². The van der Waals surface area contributed by atoms with Crippen LogP contribution in [0.25, 0.3) is 0 Å². The molecular weight excluding hydrogens is 194 g/mol. The average Bonchev–Trinajstić information content (AvgIpc) is 2.06. The Kier molecular flexibility index (Phi) is 3.73. The van der Waals surface area contributed by atoms with Gasteiger partial charge in [-0.05, 0) is 5.41 Å². The Labute approximate surface area is 91.3 Å². The molecule has 4 heteroatoms. The predicted octanol–water partition coefficient (Wildman–Crippen LogP) is 0.812. The molecule has 0 aromatic heterocycles. The minimum absolute atomic E-state index is 0.171. The zero-order valence-corrected chi connectivity index (χ0v) is 10.1. The van der Waals surface area contributed by atoms with Crippen molar-refractivity contribution in [2.24, 2.45) is 10.8 Å². The van der Waals surface area contributed by atoms with Crippen LogP contribution in [-0.4, -0.2) is 39.4 Å². The fourth-order valence-electron chi connectivity index (χ4n) is 1.53. The summed E-state index contributed by atoms with van der Waals surface area (Å²) in [6.07, 6.45) is 0. The van der Waals surface area contributed by atoms with Crippen LogP contribution in [0.1, 0.15) is 20.8 Å². The second-order valence-corrected chi connectivity index (χ2v) is 5.43. The minimum atomic E-state index is -0.444. The van der Waals surface area contributed by atoms with Crippen LogP contribution in [0.15, 0.2) is 0 Å². The number of hydrogen-bond donors (Lipinski definition) is 1. The zero-order valence-electron chi connectivity index (χ0n) is 10.1. The lowest BCUT2D eigenvalue weighted by molar-refractivity contribution is -0.182. The van der Waals surface area contributed by atoms with Crippen molar-refractivity contribution in [3.63, 3.8) is 0 Å². The Morgan fingerprint density at radius 3 is 2.40 bits per heavy atom. The fourth-order valence-corrected chi connectivity index (χ4v) is 1.53. The number of carbonyl (C=O) groups is 1. The molecule has 1 aliphatic rings. The highest BCUT2D eigenvalue weighted by atomic mass is 16.5. The number of carbonyl (C=O) groups excluding carboxylic acids is 1. The van der Waals surface area contributed by atoms with Gasteiger partial charge in [-0.2, -0.15) is 0 Å². The Balaban J connectivity index is 2.38. The first-order valence-electron chi connectivity index (χ1n) is 5.27. The predicted molar refractivity (Wildman–Crippen MR) is 57.6 cm³/mol. The van der Waals surface area contributed by atoms with Crippen LogP contribution in [-0.2, 0) is 14.3 Å². The first kappa shape index (κ1) is 12.5. The Morgan fingerprint density at radius 2 is 2.07 bits per heavy atom. The van der Waals surface area contributed by atoms with Crippen LogP contribution >= 0.6 is 0 Å². The van der Waals surface area contributed by atoms with Gasteiger partial charge in [-0.15, -0.1) is 0 Å². The first-order valence-corrected chi connectivity index (χ1v) is 5.27. The van der Waals surface area contributed by atoms with Crippen molar-refractivity contribution in [3.05, 3.63) is 0 Å². The Morgan fingerprint density at radius 1 is 1.47 bits per heavy atom. The van der Waals surface area contributed by atoms with E-state index in [2.05, 4.69) is 26.1 Å². The Bertz CT molecular complexity index is 228. The van der Waals surface area contributed by atoms with E-state index in [0.717, 1.165) is 6.54 Å². The Hall–Kier alpha value is -0.610. The molecule has 0 amide bonds. The minimum Gasteiger partial charge on any atom is -0.468 e. The van der Waals surface area contributed by atoms with Crippen LogP contribution in [0.3, 0.4) is 0 Å². The third-order valence-electron chi connectivity index (χ3n) is 2.49. The lowest BCUT2D eigenvalue weighted by Crippen LogP contribution is -2.56. The van der Waals surface area contributed by atoms with Gasteiger partial charge in [-0.25, -0.2) is 0 Å². The summed E-state index contributed by atoms with van der Waals surface area (Å²) in [6, 6.07) is 0. The van der Waals surface area contributed by atoms with E-state index < -0.39 is 5.41 Å². The van der Waals surface area contributed by atoms with Gasteiger partial charge < -0.3 is 14.8 Å². The van der Waals surface area contributed by atoms with Crippen LogP contribution in [0.5, 0.6) is 0 Å². The molecule has 0 bridgehead atoms. The van der Waals surface area contributed by atoms with E-state index in [0.29, 0.717) is 19.8 Å². The molecule has 0 aromatic rings. The monoisotopic (exact) mass is 215 g/mol. The quantitative estimate of drug-likeness (QED) is 0.705. The van der Waals surface area contributed by atoms with Crippen LogP contribution in [0.2, 0.25) is 0 Å². The molecule has 1 N–H and O–H groups in total. The van der Waals surface area contributed by atoms with Gasteiger partial charge in [0, 0.05) is 13.1 Å². The molecule has 0 atom stereocenters. The molecule has 1 heterocycles. The van der Waals surface area contributed by atoms with E-state index in [-0.39, 0.29) is 11.4 Å². The largest absolute Gasteiger partial charge is 0.468 e. The molecule has 0 saturated carbocycles. The summed E-state index contributed by atoms with van der Waals surface area (Å²) >= 11 is 0. The summed E-state index contributed by atoms with van der Waals surface area (Å²) in [5, 5.41) is 3.30. The summed E-state index contributed by atoms with van der Waals surface area (Å²) < 4.78 is 9.88. The second kappa shape index (κ2) is 4.49. The van der Waals surface area contributed by atoms with Crippen LogP contribution in [0.4, 0.5) is 0 Å². The SMILES string of the molecule is COC(=O)C1(CNCC(C)(C)C)COC1. The third kappa shape index (κ3) is 3.18. The highest BCUT2D eigenvalue weighted by Crippen LogP contribution is 2.28. The van der Waals surface area contributed by atoms with Gasteiger partial charge >= 0.3 is 5.97 Å². The van der Waals surface area contributed by atoms with Gasteiger partial charge in [-0.1, -0.05) is 20.8 Å². The maximum atomic E-state index is 11.5. The molecule has 0 spiro atoms. The maximum Gasteiger partial charge on any atom is 0.317 e. The molecule has 4 nitrogen and oxygen atoms in total. The van der Waals surface area contributed by atoms with Gasteiger partial charge in [0.2, 0.25) is 0 Å². The number of nitrogens with one attached hydrogen (secondary N) is 1. The van der Waals surface area contributed by atoms with E-state index in [4.69, 9.17) is 9.47 Å². The number of ether oxygens (including phenoxy) is 2. The number of methoxy groups -OCH3 is 1. The van der Waals surface area contributed by atoms with Crippen molar-refractivity contribution in [3.8, 4) is 0 Å². The molecule has 88 valence electrons. The molecule has 1 saturated heterocycles. The van der Waals surface area contributed by atoms with E-state index in [1.165, 1.54) is 7.11 Å². The molecule has 0 aromatic carbocycles. The van der Waals surface area contributed by atoms with Gasteiger partial charge in [0.25, 0.3) is 0 Å². The van der Waals surface area contributed by atoms with Gasteiger partial charge in [-0.3, -0.25) is 4.79 Å². The summed E-state index contributed by atoms with van der Waals surface area (Å²) in [5.74, 6) is -0.171. The summed E-state index contributed by atoms with van der Waals surface area (Å²) in [6.45, 7) is 8.92. The molecule has 15 heavy (non-hydrogen) atoms. The van der Waals surface area contributed by atoms with Gasteiger partial charge in [0.15, 0.2) is 0 Å². The standard InChI is InChI=1S/C11H21NO3/c1-10(2,3)5-12-6-11(7-15-8-11)9(13)14-4/h12H,5-8H2,1-4H3. The molecule has 1 rings (SSSR count). The zero-order chi connectivity index (χ0) is 11.5. The molecule has 0 radical (unpaired) electrons. The molecule has 0 aliphatic carbocycles. The second-order valence-electron chi connectivity index (χ2n) is 5.43. The topological polar surface area (TPSA) is 47.6 Å². The van der Waals surface area contributed by atoms with Crippen molar-refractivity contribution in [1.29, 1.82) is 0 Å². The van der Waals surface area contributed by atoms with Gasteiger partial charge in [0.05, 0.1) is 20.3 Å². The highest BCUT2D eigenvalue weighted by Gasteiger charge is 2.46. The third-order valence-corrected chi connectivity index (χ3v) is 2.49. The summed E-state index contributed by atoms with van der Waals surface area (Å²) in [7, 11) is 1.42. The van der Waals surface area contributed by atoms with Crippen LogP contribution in [0, 0.1) is 10.8 Å². The summed E-state index contributed by atoms with van der Waals surface area (Å²) in [4.78, 5) is 11.5. The fraction of sp³-hybridized carbons (Fsp3) is 0.909. The number of hydrogen-bond acceptors (Lipinski definition) is 4. The molecule has 1 aliphatic heterocycles. The lowest BCUT2D eigenvalue weighted by atomic mass is 9.85. The van der Waals surface area contributed by atoms with Gasteiger partial charge in [0.1, 0.15) is 5.41 Å². The maximum absolute atomic E-state index is 11.5. The van der Waals surface area contributed by atoms with Crippen molar-refractivity contribution in [2.45, 2.75) is 20.8 Å².